The van der Waals surface area contributed by atoms with Crippen molar-refractivity contribution in [1.82, 2.24) is 9.55 Å². The van der Waals surface area contributed by atoms with Crippen molar-refractivity contribution in [2.24, 2.45) is 0 Å². The van der Waals surface area contributed by atoms with Gasteiger partial charge >= 0.3 is 5.69 Å². The molecule has 138 valence electrons. The summed E-state index contributed by atoms with van der Waals surface area (Å²) in [5, 5.41) is 3.03. The second kappa shape index (κ2) is 6.67. The van der Waals surface area contributed by atoms with Gasteiger partial charge in [-0.2, -0.15) is 4.98 Å². The number of nitrogens with one attached hydrogen (secondary N) is 1. The molecule has 4 atom stereocenters. The summed E-state index contributed by atoms with van der Waals surface area (Å²) in [5.41, 5.74) is 0.0459. The standard InChI is InChI=1S/C17H18FN3O5/c1-23-8-12-14(24-2)13(18)16(26-12)21-7-11-15(20-17(21)22)19-9-5-3-4-6-10(9)25-11/h3-7,12-14,16H,8H2,1-2H3,(H,19,20,22)/t12-,13?,14?,16-/m1/s1. The molecule has 2 unspecified atom stereocenters. The van der Waals surface area contributed by atoms with E-state index >= 15 is 0 Å². The van der Waals surface area contributed by atoms with E-state index in [0.717, 1.165) is 4.57 Å². The van der Waals surface area contributed by atoms with E-state index in [1.165, 1.54) is 20.4 Å². The lowest BCUT2D eigenvalue weighted by molar-refractivity contribution is -0.0625. The number of ether oxygens (including phenoxy) is 4. The molecule has 1 fully saturated rings. The number of hydrogen-bond acceptors (Lipinski definition) is 7. The summed E-state index contributed by atoms with van der Waals surface area (Å²) in [6.07, 6.45) is -2.81. The molecule has 0 saturated carbocycles. The Morgan fingerprint density at radius 1 is 1.31 bits per heavy atom. The molecule has 0 amide bonds. The first-order chi connectivity index (χ1) is 12.6. The van der Waals surface area contributed by atoms with Crippen molar-refractivity contribution in [3.8, 4) is 11.5 Å². The van der Waals surface area contributed by atoms with Crippen molar-refractivity contribution in [2.75, 3.05) is 26.1 Å². The van der Waals surface area contributed by atoms with Crippen LogP contribution < -0.4 is 15.7 Å². The number of alkyl halides is 1. The first-order valence-corrected chi connectivity index (χ1v) is 8.10. The van der Waals surface area contributed by atoms with Gasteiger partial charge in [-0.25, -0.2) is 9.18 Å². The van der Waals surface area contributed by atoms with E-state index < -0.39 is 30.3 Å². The van der Waals surface area contributed by atoms with Crippen molar-refractivity contribution >= 4 is 11.5 Å². The summed E-state index contributed by atoms with van der Waals surface area (Å²) in [7, 11) is 2.88. The minimum absolute atomic E-state index is 0.147. The number of benzene rings is 1. The fourth-order valence-corrected chi connectivity index (χ4v) is 3.20. The number of methoxy groups -OCH3 is 2. The SMILES string of the molecule is COC[C@H]1O[C@@H](n2cc3c(nc2=O)Nc2ccccc2O3)C(F)C1OC. The Hall–Kier alpha value is -2.49. The minimum Gasteiger partial charge on any atom is -0.450 e. The molecular weight excluding hydrogens is 345 g/mol. The molecule has 26 heavy (non-hydrogen) atoms. The average molecular weight is 363 g/mol. The van der Waals surface area contributed by atoms with Crippen molar-refractivity contribution in [2.45, 2.75) is 24.6 Å². The number of hydrogen-bond donors (Lipinski definition) is 1. The fourth-order valence-electron chi connectivity index (χ4n) is 3.20. The topological polar surface area (TPSA) is 83.8 Å². The maximum absolute atomic E-state index is 14.8. The molecule has 2 aliphatic rings. The average Bonchev–Trinajstić information content (AvgIpc) is 2.95. The largest absolute Gasteiger partial charge is 0.450 e. The highest BCUT2D eigenvalue weighted by atomic mass is 19.1. The summed E-state index contributed by atoms with van der Waals surface area (Å²) >= 11 is 0. The van der Waals surface area contributed by atoms with Gasteiger partial charge in [0.2, 0.25) is 0 Å². The highest BCUT2D eigenvalue weighted by Crippen LogP contribution is 2.41. The predicted molar refractivity (Wildman–Crippen MR) is 89.8 cm³/mol. The van der Waals surface area contributed by atoms with Crippen LogP contribution in [0, 0.1) is 0 Å². The lowest BCUT2D eigenvalue weighted by Gasteiger charge is -2.23. The first kappa shape index (κ1) is 17.0. The summed E-state index contributed by atoms with van der Waals surface area (Å²) < 4.78 is 37.6. The van der Waals surface area contributed by atoms with Gasteiger partial charge in [0.25, 0.3) is 0 Å². The predicted octanol–water partition coefficient (Wildman–Crippen LogP) is 1.99. The number of aromatic nitrogens is 2. The number of anilines is 2. The Morgan fingerprint density at radius 3 is 2.88 bits per heavy atom. The van der Waals surface area contributed by atoms with E-state index in [0.29, 0.717) is 17.2 Å². The fraction of sp³-hybridized carbons (Fsp3) is 0.412. The number of rotatable bonds is 4. The van der Waals surface area contributed by atoms with Crippen LogP contribution in [0.15, 0.2) is 35.3 Å². The Bertz CT molecular complexity index is 874. The zero-order chi connectivity index (χ0) is 18.3. The highest BCUT2D eigenvalue weighted by Gasteiger charge is 2.47. The minimum atomic E-state index is -1.55. The van der Waals surface area contributed by atoms with Gasteiger partial charge in [-0.15, -0.1) is 0 Å². The van der Waals surface area contributed by atoms with Crippen molar-refractivity contribution in [3.63, 3.8) is 0 Å². The van der Waals surface area contributed by atoms with Gasteiger partial charge in [-0.3, -0.25) is 4.57 Å². The van der Waals surface area contributed by atoms with Crippen LogP contribution in [0.25, 0.3) is 0 Å². The van der Waals surface area contributed by atoms with Gasteiger partial charge in [0, 0.05) is 14.2 Å². The lowest BCUT2D eigenvalue weighted by atomic mass is 10.1. The van der Waals surface area contributed by atoms with Crippen LogP contribution in [0.4, 0.5) is 15.9 Å². The summed E-state index contributed by atoms with van der Waals surface area (Å²) in [5.74, 6) is 1.17. The second-order valence-corrected chi connectivity index (χ2v) is 6.03. The van der Waals surface area contributed by atoms with E-state index in [-0.39, 0.29) is 12.4 Å². The lowest BCUT2D eigenvalue weighted by Crippen LogP contribution is -2.35. The third-order valence-corrected chi connectivity index (χ3v) is 4.42. The first-order valence-electron chi connectivity index (χ1n) is 8.10. The Morgan fingerprint density at radius 2 is 2.12 bits per heavy atom. The summed E-state index contributed by atoms with van der Waals surface area (Å²) in [6.45, 7) is 0.147. The quantitative estimate of drug-likeness (QED) is 0.759. The number of fused-ring (bicyclic) bond motifs is 2. The van der Waals surface area contributed by atoms with Crippen LogP contribution in [-0.4, -0.2) is 48.8 Å². The third-order valence-electron chi connectivity index (χ3n) is 4.42. The maximum atomic E-state index is 14.8. The van der Waals surface area contributed by atoms with E-state index in [9.17, 15) is 9.18 Å². The molecule has 4 rings (SSSR count). The van der Waals surface area contributed by atoms with Crippen LogP contribution >= 0.6 is 0 Å². The van der Waals surface area contributed by atoms with Crippen LogP contribution in [0.1, 0.15) is 6.23 Å². The van der Waals surface area contributed by atoms with Crippen LogP contribution in [-0.2, 0) is 14.2 Å². The molecule has 1 aromatic heterocycles. The number of halogens is 1. The molecule has 2 aliphatic heterocycles. The van der Waals surface area contributed by atoms with Crippen LogP contribution in [0.5, 0.6) is 11.5 Å². The smallest absolute Gasteiger partial charge is 0.352 e. The zero-order valence-electron chi connectivity index (χ0n) is 14.2. The second-order valence-electron chi connectivity index (χ2n) is 6.03. The maximum Gasteiger partial charge on any atom is 0.352 e. The van der Waals surface area contributed by atoms with Gasteiger partial charge < -0.3 is 24.3 Å². The molecule has 1 N–H and O–H groups in total. The molecule has 0 radical (unpaired) electrons. The Labute approximate surface area is 148 Å². The molecule has 3 heterocycles. The normalized spacial score (nSPS) is 26.6. The van der Waals surface area contributed by atoms with Gasteiger partial charge in [-0.05, 0) is 12.1 Å². The Balaban J connectivity index is 1.68. The molecule has 0 bridgehead atoms. The van der Waals surface area contributed by atoms with Crippen LogP contribution in [0.2, 0.25) is 0 Å². The van der Waals surface area contributed by atoms with Gasteiger partial charge in [0.15, 0.2) is 29.7 Å². The third kappa shape index (κ3) is 2.74. The molecular formula is C17H18FN3O5. The monoisotopic (exact) mass is 363 g/mol. The number of para-hydroxylation sites is 2. The molecule has 9 heteroatoms. The van der Waals surface area contributed by atoms with Gasteiger partial charge in [0.05, 0.1) is 18.5 Å². The van der Waals surface area contributed by atoms with Crippen molar-refractivity contribution < 1.29 is 23.3 Å². The van der Waals surface area contributed by atoms with Crippen LogP contribution in [0.3, 0.4) is 0 Å². The van der Waals surface area contributed by atoms with Crippen molar-refractivity contribution in [3.05, 3.63) is 40.9 Å². The molecule has 8 nitrogen and oxygen atoms in total. The molecule has 0 aliphatic carbocycles. The van der Waals surface area contributed by atoms with E-state index in [1.54, 1.807) is 6.07 Å². The summed E-state index contributed by atoms with van der Waals surface area (Å²) in [4.78, 5) is 16.4. The zero-order valence-corrected chi connectivity index (χ0v) is 14.2. The molecule has 1 saturated heterocycles. The number of nitrogens with zero attached hydrogens (tertiary/aromatic N) is 2. The molecule has 0 spiro atoms. The Kier molecular flexibility index (Phi) is 4.35. The van der Waals surface area contributed by atoms with E-state index in [1.807, 2.05) is 18.2 Å². The molecule has 1 aromatic carbocycles. The van der Waals surface area contributed by atoms with Crippen molar-refractivity contribution in [1.29, 1.82) is 0 Å². The van der Waals surface area contributed by atoms with Gasteiger partial charge in [-0.1, -0.05) is 12.1 Å². The van der Waals surface area contributed by atoms with E-state index in [4.69, 9.17) is 18.9 Å². The highest BCUT2D eigenvalue weighted by molar-refractivity contribution is 5.72. The van der Waals surface area contributed by atoms with Gasteiger partial charge in [0.1, 0.15) is 12.2 Å². The summed E-state index contributed by atoms with van der Waals surface area (Å²) in [6, 6.07) is 7.25. The molecule has 2 aromatic rings. The van der Waals surface area contributed by atoms with E-state index in [2.05, 4.69) is 10.3 Å².